The lowest BCUT2D eigenvalue weighted by molar-refractivity contribution is -0.384. The van der Waals surface area contributed by atoms with E-state index in [-0.39, 0.29) is 35.8 Å². The minimum Gasteiger partial charge on any atom is -0.464 e. The number of rotatable bonds is 7. The summed E-state index contributed by atoms with van der Waals surface area (Å²) in [7, 11) is 1.24. The number of fused-ring (bicyclic) bond motifs is 1. The smallest absolute Gasteiger partial charge is 0.360 e. The van der Waals surface area contributed by atoms with Gasteiger partial charge in [-0.1, -0.05) is 0 Å². The van der Waals surface area contributed by atoms with Crippen molar-refractivity contribution in [2.24, 2.45) is 0 Å². The Balaban J connectivity index is 1.49. The van der Waals surface area contributed by atoms with Crippen LogP contribution in [-0.2, 0) is 32.2 Å². The zero-order chi connectivity index (χ0) is 23.0. The molecule has 0 spiro atoms. The zero-order valence-corrected chi connectivity index (χ0v) is 18.0. The first-order valence-corrected chi connectivity index (χ1v) is 10.5. The molecule has 2 aromatic rings. The van der Waals surface area contributed by atoms with Crippen LogP contribution in [0.15, 0.2) is 30.5 Å². The van der Waals surface area contributed by atoms with Crippen molar-refractivity contribution in [1.29, 1.82) is 0 Å². The van der Waals surface area contributed by atoms with Gasteiger partial charge in [-0.3, -0.25) is 14.9 Å². The average molecular weight is 461 g/mol. The van der Waals surface area contributed by atoms with Crippen LogP contribution < -0.4 is 0 Å². The van der Waals surface area contributed by atoms with E-state index in [0.29, 0.717) is 12.0 Å². The molecule has 0 aliphatic carbocycles. The molecule has 0 unspecified atom stereocenters. The van der Waals surface area contributed by atoms with Gasteiger partial charge in [0.05, 0.1) is 41.3 Å². The van der Waals surface area contributed by atoms with Gasteiger partial charge in [-0.05, 0) is 24.6 Å². The number of benzene rings is 1. The summed E-state index contributed by atoms with van der Waals surface area (Å²) in [6.07, 6.45) is 1.60. The monoisotopic (exact) mass is 461 g/mol. The second kappa shape index (κ2) is 8.22. The summed E-state index contributed by atoms with van der Waals surface area (Å²) >= 11 is 1.46. The maximum Gasteiger partial charge on any atom is 0.360 e. The Labute approximate surface area is 186 Å². The number of carbonyl (C=O) groups excluding carboxylic acids is 3. The van der Waals surface area contributed by atoms with Gasteiger partial charge in [0.15, 0.2) is 5.69 Å². The number of amides is 1. The number of non-ortho nitro benzene ring substituents is 1. The number of hydrogen-bond acceptors (Lipinski definition) is 10. The predicted octanol–water partition coefficient (Wildman–Crippen LogP) is 1.15. The standard InChI is InChI=1S/C19H19N5O7S/c1-19(10-22-20-8-13(21-22)17(26)30-2)16(23-14(25)7-15(23)32-19)18(27)31-9-11-3-5-12(6-4-11)24(28)29/h3-6,8,15-16H,7,9-10H2,1-2H3/t15-,16-,19-/m0/s1. The molecule has 2 aliphatic heterocycles. The van der Waals surface area contributed by atoms with Crippen LogP contribution in [0.4, 0.5) is 5.69 Å². The Morgan fingerprint density at radius 3 is 2.69 bits per heavy atom. The molecule has 168 valence electrons. The van der Waals surface area contributed by atoms with Gasteiger partial charge in [-0.2, -0.15) is 9.90 Å². The summed E-state index contributed by atoms with van der Waals surface area (Å²) in [6, 6.07) is 4.80. The normalized spacial score (nSPS) is 23.9. The minimum atomic E-state index is -0.871. The molecule has 1 amide bonds. The molecule has 4 rings (SSSR count). The summed E-state index contributed by atoms with van der Waals surface area (Å²) in [5.41, 5.74) is 0.557. The average Bonchev–Trinajstić information content (AvgIpc) is 3.31. The summed E-state index contributed by atoms with van der Waals surface area (Å²) in [6.45, 7) is 1.89. The van der Waals surface area contributed by atoms with Gasteiger partial charge in [-0.15, -0.1) is 16.9 Å². The number of nitro groups is 1. The van der Waals surface area contributed by atoms with E-state index < -0.39 is 27.7 Å². The summed E-state index contributed by atoms with van der Waals surface area (Å²) in [5.74, 6) is -1.36. The number of carbonyl (C=O) groups is 3. The van der Waals surface area contributed by atoms with Gasteiger partial charge in [0.1, 0.15) is 12.6 Å². The molecule has 0 radical (unpaired) electrons. The highest BCUT2D eigenvalue weighted by molar-refractivity contribution is 8.01. The molecule has 2 fully saturated rings. The summed E-state index contributed by atoms with van der Waals surface area (Å²) in [4.78, 5) is 50.0. The van der Waals surface area contributed by atoms with Crippen LogP contribution in [0.3, 0.4) is 0 Å². The Hall–Kier alpha value is -3.48. The Morgan fingerprint density at radius 1 is 1.34 bits per heavy atom. The van der Waals surface area contributed by atoms with E-state index >= 15 is 0 Å². The van der Waals surface area contributed by atoms with Crippen LogP contribution in [-0.4, -0.2) is 65.9 Å². The van der Waals surface area contributed by atoms with Crippen molar-refractivity contribution in [2.45, 2.75) is 42.7 Å². The molecule has 32 heavy (non-hydrogen) atoms. The van der Waals surface area contributed by atoms with Gasteiger partial charge >= 0.3 is 11.9 Å². The first-order chi connectivity index (χ1) is 15.2. The highest BCUT2D eigenvalue weighted by atomic mass is 32.2. The molecule has 0 N–H and O–H groups in total. The third-order valence-corrected chi connectivity index (χ3v) is 6.90. The number of thioether (sulfide) groups is 1. The number of methoxy groups -OCH3 is 1. The van der Waals surface area contributed by atoms with Crippen LogP contribution in [0.2, 0.25) is 0 Å². The lowest BCUT2D eigenvalue weighted by Crippen LogP contribution is -2.58. The first-order valence-electron chi connectivity index (χ1n) is 9.59. The topological polar surface area (TPSA) is 147 Å². The van der Waals surface area contributed by atoms with E-state index in [2.05, 4.69) is 14.9 Å². The highest BCUT2D eigenvalue weighted by Gasteiger charge is 2.61. The number of aromatic nitrogens is 3. The summed E-state index contributed by atoms with van der Waals surface area (Å²) in [5, 5.41) is 18.8. The zero-order valence-electron chi connectivity index (χ0n) is 17.2. The molecule has 2 saturated heterocycles. The fourth-order valence-electron chi connectivity index (χ4n) is 3.77. The number of ether oxygens (including phenoxy) is 2. The molecule has 3 atom stereocenters. The lowest BCUT2D eigenvalue weighted by Gasteiger charge is -2.37. The predicted molar refractivity (Wildman–Crippen MR) is 109 cm³/mol. The van der Waals surface area contributed by atoms with Crippen molar-refractivity contribution in [3.05, 3.63) is 51.8 Å². The third-order valence-electron chi connectivity index (χ3n) is 5.35. The number of β-lactam (4-membered cyclic amide) rings is 1. The van der Waals surface area contributed by atoms with E-state index in [1.807, 2.05) is 6.92 Å². The number of esters is 2. The fourth-order valence-corrected chi connectivity index (χ4v) is 5.49. The van der Waals surface area contributed by atoms with Crippen molar-refractivity contribution in [1.82, 2.24) is 19.9 Å². The number of nitro benzene ring substituents is 1. The largest absolute Gasteiger partial charge is 0.464 e. The Morgan fingerprint density at radius 2 is 2.06 bits per heavy atom. The highest BCUT2D eigenvalue weighted by Crippen LogP contribution is 2.51. The minimum absolute atomic E-state index is 0.0377. The van der Waals surface area contributed by atoms with Crippen LogP contribution in [0.25, 0.3) is 0 Å². The van der Waals surface area contributed by atoms with Crippen molar-refractivity contribution >= 4 is 35.3 Å². The summed E-state index contributed by atoms with van der Waals surface area (Å²) < 4.78 is 9.30. The van der Waals surface area contributed by atoms with Gasteiger partial charge in [0.25, 0.3) is 5.69 Å². The van der Waals surface area contributed by atoms with E-state index in [0.717, 1.165) is 0 Å². The second-order valence-electron chi connectivity index (χ2n) is 7.58. The first kappa shape index (κ1) is 21.7. The van der Waals surface area contributed by atoms with Crippen molar-refractivity contribution < 1.29 is 28.8 Å². The molecule has 3 heterocycles. The van der Waals surface area contributed by atoms with Crippen LogP contribution in [0.1, 0.15) is 29.4 Å². The maximum atomic E-state index is 13.0. The van der Waals surface area contributed by atoms with Gasteiger partial charge in [0.2, 0.25) is 5.91 Å². The van der Waals surface area contributed by atoms with Crippen molar-refractivity contribution in [3.8, 4) is 0 Å². The van der Waals surface area contributed by atoms with E-state index in [1.165, 1.54) is 59.0 Å². The van der Waals surface area contributed by atoms with Crippen LogP contribution in [0.5, 0.6) is 0 Å². The van der Waals surface area contributed by atoms with Crippen LogP contribution in [0, 0.1) is 10.1 Å². The number of nitrogens with zero attached hydrogens (tertiary/aromatic N) is 5. The Kier molecular flexibility index (Phi) is 5.59. The fraction of sp³-hybridized carbons (Fsp3) is 0.421. The third kappa shape index (κ3) is 3.90. The van der Waals surface area contributed by atoms with Gasteiger partial charge < -0.3 is 14.4 Å². The molecule has 0 saturated carbocycles. The molecule has 0 bridgehead atoms. The van der Waals surface area contributed by atoms with E-state index in [1.54, 1.807) is 0 Å². The Bertz CT molecular complexity index is 1090. The molecule has 1 aromatic heterocycles. The van der Waals surface area contributed by atoms with Crippen molar-refractivity contribution in [2.75, 3.05) is 7.11 Å². The molecule has 12 nitrogen and oxygen atoms in total. The SMILES string of the molecule is COC(=O)c1cnn(C[C@]2(C)S[C@H]3CC(=O)N3[C@H]2C(=O)OCc2ccc([N+](=O)[O-])cc2)n1. The van der Waals surface area contributed by atoms with E-state index in [9.17, 15) is 24.5 Å². The van der Waals surface area contributed by atoms with E-state index in [4.69, 9.17) is 4.74 Å². The van der Waals surface area contributed by atoms with Gasteiger partial charge in [-0.25, -0.2) is 9.59 Å². The maximum absolute atomic E-state index is 13.0. The van der Waals surface area contributed by atoms with Gasteiger partial charge in [0, 0.05) is 12.1 Å². The molecule has 2 aliphatic rings. The number of hydrogen-bond donors (Lipinski definition) is 0. The second-order valence-corrected chi connectivity index (χ2v) is 9.29. The van der Waals surface area contributed by atoms with Crippen LogP contribution >= 0.6 is 11.8 Å². The molecule has 13 heteroatoms. The lowest BCUT2D eigenvalue weighted by atomic mass is 9.96. The molecular weight excluding hydrogens is 442 g/mol. The van der Waals surface area contributed by atoms with Crippen molar-refractivity contribution in [3.63, 3.8) is 0 Å². The quantitative estimate of drug-likeness (QED) is 0.254. The molecular formula is C19H19N5O7S. The molecule has 1 aromatic carbocycles.